The predicted molar refractivity (Wildman–Crippen MR) is 51.1 cm³/mol. The average Bonchev–Trinajstić information content (AvgIpc) is 1.95. The van der Waals surface area contributed by atoms with Gasteiger partial charge in [0.25, 0.3) is 0 Å². The molecular weight excluding hydrogens is 152 g/mol. The van der Waals surface area contributed by atoms with Crippen LogP contribution >= 0.6 is 0 Å². The van der Waals surface area contributed by atoms with Crippen molar-refractivity contribution < 1.29 is 10.2 Å². The molecule has 0 bridgehead atoms. The van der Waals surface area contributed by atoms with Gasteiger partial charge >= 0.3 is 0 Å². The zero-order chi connectivity index (χ0) is 9.40. The third kappa shape index (κ3) is 9.92. The van der Waals surface area contributed by atoms with E-state index >= 15 is 0 Å². The summed E-state index contributed by atoms with van der Waals surface area (Å²) in [5.74, 6) is 0. The molecule has 0 aliphatic heterocycles. The molecule has 0 unspecified atom stereocenters. The molecule has 2 N–H and O–H groups in total. The van der Waals surface area contributed by atoms with Crippen molar-refractivity contribution in [3.8, 4) is 0 Å². The van der Waals surface area contributed by atoms with Crippen molar-refractivity contribution in [2.75, 3.05) is 0 Å². The molecule has 2 heteroatoms. The standard InChI is InChI=1S/C10H22O2/c1-9(11)7-5-3-4-6-8-10(2)12/h9-12H,3-8H2,1-2H3/t9-,10-/m1/s1. The zero-order valence-electron chi connectivity index (χ0n) is 8.29. The molecule has 74 valence electrons. The maximum Gasteiger partial charge on any atom is 0.0512 e. The maximum atomic E-state index is 8.96. The quantitative estimate of drug-likeness (QED) is 0.580. The number of unbranched alkanes of at least 4 members (excludes halogenated alkanes) is 3. The predicted octanol–water partition coefficient (Wildman–Crippen LogP) is 2.09. The van der Waals surface area contributed by atoms with Crippen LogP contribution in [0, 0.1) is 0 Å². The van der Waals surface area contributed by atoms with Gasteiger partial charge in [-0.1, -0.05) is 25.7 Å². The first-order valence-electron chi connectivity index (χ1n) is 4.99. The second kappa shape index (κ2) is 7.56. The molecule has 0 aliphatic carbocycles. The molecule has 0 radical (unpaired) electrons. The average molecular weight is 174 g/mol. The molecule has 0 amide bonds. The van der Waals surface area contributed by atoms with Crippen LogP contribution in [0.1, 0.15) is 52.4 Å². The van der Waals surface area contributed by atoms with Crippen LogP contribution in [-0.2, 0) is 0 Å². The third-order valence-corrected chi connectivity index (χ3v) is 1.99. The summed E-state index contributed by atoms with van der Waals surface area (Å²) in [6, 6.07) is 0. The first-order valence-corrected chi connectivity index (χ1v) is 4.99. The fraction of sp³-hybridized carbons (Fsp3) is 1.00. The van der Waals surface area contributed by atoms with Crippen molar-refractivity contribution in [1.29, 1.82) is 0 Å². The number of aliphatic hydroxyl groups is 2. The van der Waals surface area contributed by atoms with Gasteiger partial charge < -0.3 is 10.2 Å². The first kappa shape index (κ1) is 11.9. The van der Waals surface area contributed by atoms with E-state index in [2.05, 4.69) is 0 Å². The first-order chi connectivity index (χ1) is 5.63. The molecule has 0 saturated heterocycles. The lowest BCUT2D eigenvalue weighted by Crippen LogP contribution is -2.00. The minimum absolute atomic E-state index is 0.151. The summed E-state index contributed by atoms with van der Waals surface area (Å²) < 4.78 is 0. The van der Waals surface area contributed by atoms with Crippen molar-refractivity contribution in [3.63, 3.8) is 0 Å². The van der Waals surface area contributed by atoms with Crippen LogP contribution in [0.25, 0.3) is 0 Å². The van der Waals surface area contributed by atoms with Crippen LogP contribution in [0.2, 0.25) is 0 Å². The molecule has 0 aromatic heterocycles. The van der Waals surface area contributed by atoms with Gasteiger partial charge in [0.2, 0.25) is 0 Å². The van der Waals surface area contributed by atoms with E-state index in [-0.39, 0.29) is 12.2 Å². The highest BCUT2D eigenvalue weighted by molar-refractivity contribution is 4.51. The Labute approximate surface area is 75.6 Å². The molecule has 0 spiro atoms. The molecule has 2 atom stereocenters. The van der Waals surface area contributed by atoms with Crippen LogP contribution in [0.5, 0.6) is 0 Å². The molecule has 0 saturated carbocycles. The van der Waals surface area contributed by atoms with Gasteiger partial charge in [-0.05, 0) is 26.7 Å². The lowest BCUT2D eigenvalue weighted by Gasteiger charge is -2.04. The Kier molecular flexibility index (Phi) is 7.51. The summed E-state index contributed by atoms with van der Waals surface area (Å²) in [4.78, 5) is 0. The smallest absolute Gasteiger partial charge is 0.0512 e. The Hall–Kier alpha value is -0.0800. The molecule has 0 heterocycles. The highest BCUT2D eigenvalue weighted by Crippen LogP contribution is 2.08. The van der Waals surface area contributed by atoms with E-state index < -0.39 is 0 Å². The van der Waals surface area contributed by atoms with Crippen LogP contribution in [0.15, 0.2) is 0 Å². The number of aliphatic hydroxyl groups excluding tert-OH is 2. The van der Waals surface area contributed by atoms with Gasteiger partial charge in [-0.3, -0.25) is 0 Å². The summed E-state index contributed by atoms with van der Waals surface area (Å²) >= 11 is 0. The normalized spacial score (nSPS) is 16.0. The monoisotopic (exact) mass is 174 g/mol. The molecular formula is C10H22O2. The fourth-order valence-electron chi connectivity index (χ4n) is 1.23. The van der Waals surface area contributed by atoms with Crippen LogP contribution in [0.3, 0.4) is 0 Å². The lowest BCUT2D eigenvalue weighted by molar-refractivity contribution is 0.174. The minimum atomic E-state index is -0.151. The van der Waals surface area contributed by atoms with Crippen LogP contribution in [0.4, 0.5) is 0 Å². The van der Waals surface area contributed by atoms with E-state index in [0.29, 0.717) is 0 Å². The molecule has 0 aromatic rings. The Bertz CT molecular complexity index is 77.8. The molecule has 12 heavy (non-hydrogen) atoms. The Balaban J connectivity index is 2.91. The van der Waals surface area contributed by atoms with E-state index in [1.54, 1.807) is 0 Å². The minimum Gasteiger partial charge on any atom is -0.393 e. The second-order valence-corrected chi connectivity index (χ2v) is 3.69. The molecule has 0 aromatic carbocycles. The second-order valence-electron chi connectivity index (χ2n) is 3.69. The molecule has 0 aliphatic rings. The van der Waals surface area contributed by atoms with Crippen molar-refractivity contribution in [3.05, 3.63) is 0 Å². The third-order valence-electron chi connectivity index (χ3n) is 1.99. The summed E-state index contributed by atoms with van der Waals surface area (Å²) in [5, 5.41) is 17.9. The molecule has 2 nitrogen and oxygen atoms in total. The van der Waals surface area contributed by atoms with Gasteiger partial charge in [0.1, 0.15) is 0 Å². The molecule has 0 rings (SSSR count). The van der Waals surface area contributed by atoms with E-state index in [0.717, 1.165) is 25.7 Å². The van der Waals surface area contributed by atoms with E-state index in [9.17, 15) is 0 Å². The lowest BCUT2D eigenvalue weighted by atomic mass is 10.1. The Morgan fingerprint density at radius 1 is 0.750 bits per heavy atom. The van der Waals surface area contributed by atoms with Crippen molar-refractivity contribution in [2.45, 2.75) is 64.6 Å². The van der Waals surface area contributed by atoms with E-state index in [1.807, 2.05) is 13.8 Å². The highest BCUT2D eigenvalue weighted by atomic mass is 16.3. The number of rotatable bonds is 7. The topological polar surface area (TPSA) is 40.5 Å². The largest absolute Gasteiger partial charge is 0.393 e. The molecule has 0 fully saturated rings. The van der Waals surface area contributed by atoms with E-state index in [4.69, 9.17) is 10.2 Å². The maximum absolute atomic E-state index is 8.96. The Morgan fingerprint density at radius 2 is 1.08 bits per heavy atom. The van der Waals surface area contributed by atoms with Gasteiger partial charge in [0.15, 0.2) is 0 Å². The number of hydrogen-bond acceptors (Lipinski definition) is 2. The SMILES string of the molecule is C[C@@H](O)CCCCCC[C@@H](C)O. The van der Waals surface area contributed by atoms with Crippen molar-refractivity contribution >= 4 is 0 Å². The van der Waals surface area contributed by atoms with Gasteiger partial charge in [-0.25, -0.2) is 0 Å². The van der Waals surface area contributed by atoms with Gasteiger partial charge in [-0.15, -0.1) is 0 Å². The summed E-state index contributed by atoms with van der Waals surface area (Å²) in [6.45, 7) is 3.66. The van der Waals surface area contributed by atoms with Crippen LogP contribution in [-0.4, -0.2) is 22.4 Å². The summed E-state index contributed by atoms with van der Waals surface area (Å²) in [6.07, 6.45) is 6.09. The summed E-state index contributed by atoms with van der Waals surface area (Å²) in [5.41, 5.74) is 0. The highest BCUT2D eigenvalue weighted by Gasteiger charge is 1.97. The summed E-state index contributed by atoms with van der Waals surface area (Å²) in [7, 11) is 0. The van der Waals surface area contributed by atoms with Crippen molar-refractivity contribution in [1.82, 2.24) is 0 Å². The van der Waals surface area contributed by atoms with Gasteiger partial charge in [-0.2, -0.15) is 0 Å². The van der Waals surface area contributed by atoms with Gasteiger partial charge in [0, 0.05) is 0 Å². The van der Waals surface area contributed by atoms with Crippen molar-refractivity contribution in [2.24, 2.45) is 0 Å². The zero-order valence-corrected chi connectivity index (χ0v) is 8.29. The number of hydrogen-bond donors (Lipinski definition) is 2. The van der Waals surface area contributed by atoms with E-state index in [1.165, 1.54) is 12.8 Å². The fourth-order valence-corrected chi connectivity index (χ4v) is 1.23. The Morgan fingerprint density at radius 3 is 1.33 bits per heavy atom. The van der Waals surface area contributed by atoms with Crippen LogP contribution < -0.4 is 0 Å². The van der Waals surface area contributed by atoms with Gasteiger partial charge in [0.05, 0.1) is 12.2 Å².